The summed E-state index contributed by atoms with van der Waals surface area (Å²) >= 11 is 47.6. The van der Waals surface area contributed by atoms with E-state index >= 15 is 0 Å². The summed E-state index contributed by atoms with van der Waals surface area (Å²) in [6.45, 7) is -1.43. The maximum Gasteiger partial charge on any atom is 0.359 e. The van der Waals surface area contributed by atoms with E-state index in [1.807, 2.05) is 0 Å². The first-order chi connectivity index (χ1) is 10.5. The fraction of sp³-hybridized carbons (Fsp3) is 0.667. The molecule has 0 saturated carbocycles. The van der Waals surface area contributed by atoms with E-state index in [1.54, 1.807) is 0 Å². The lowest BCUT2D eigenvalue weighted by molar-refractivity contribution is -0.165. The van der Waals surface area contributed by atoms with Crippen molar-refractivity contribution >= 4 is 122 Å². The van der Waals surface area contributed by atoms with Crippen molar-refractivity contribution in [3.63, 3.8) is 0 Å². The van der Waals surface area contributed by atoms with E-state index in [2.05, 4.69) is 9.47 Å². The number of rotatable bonds is 5. The minimum Gasteiger partial charge on any atom is -0.458 e. The average Bonchev–Trinajstić information content (AvgIpc) is 2.37. The normalized spacial score (nSPS) is 12.8. The van der Waals surface area contributed by atoms with Crippen LogP contribution in [0.15, 0.2) is 0 Å². The molecule has 140 valence electrons. The molecule has 0 fully saturated rings. The average molecular weight is 528 g/mol. The summed E-state index contributed by atoms with van der Waals surface area (Å²) in [5.41, 5.74) is 0. The van der Waals surface area contributed by atoms with E-state index in [-0.39, 0.29) is 0 Å². The van der Waals surface area contributed by atoms with Gasteiger partial charge in [0, 0.05) is 0 Å². The molecular formula is C9H5Cl9O6. The second kappa shape index (κ2) is 9.81. The monoisotopic (exact) mass is 524 g/mol. The van der Waals surface area contributed by atoms with Crippen LogP contribution in [-0.4, -0.2) is 48.6 Å². The second-order valence-electron chi connectivity index (χ2n) is 3.72. The molecule has 0 saturated heterocycles. The van der Waals surface area contributed by atoms with Crippen LogP contribution < -0.4 is 0 Å². The van der Waals surface area contributed by atoms with Gasteiger partial charge in [0.15, 0.2) is 6.10 Å². The third kappa shape index (κ3) is 10.2. The highest BCUT2D eigenvalue weighted by Gasteiger charge is 2.38. The fourth-order valence-corrected chi connectivity index (χ4v) is 1.30. The van der Waals surface area contributed by atoms with Gasteiger partial charge in [-0.25, -0.2) is 14.4 Å². The van der Waals surface area contributed by atoms with E-state index in [9.17, 15) is 14.4 Å². The van der Waals surface area contributed by atoms with Gasteiger partial charge in [0.25, 0.3) is 11.4 Å². The molecule has 24 heavy (non-hydrogen) atoms. The third-order valence-electron chi connectivity index (χ3n) is 1.77. The minimum atomic E-state index is -2.45. The SMILES string of the molecule is O=C(OCC(COC(=O)C(Cl)(Cl)Cl)OC(=O)C(Cl)(Cl)Cl)C(Cl)(Cl)Cl. The summed E-state index contributed by atoms with van der Waals surface area (Å²) in [5.74, 6) is -3.95. The van der Waals surface area contributed by atoms with Gasteiger partial charge in [-0.15, -0.1) is 0 Å². The van der Waals surface area contributed by atoms with Crippen LogP contribution in [0.1, 0.15) is 0 Å². The largest absolute Gasteiger partial charge is 0.458 e. The molecule has 0 N–H and O–H groups in total. The van der Waals surface area contributed by atoms with E-state index in [4.69, 9.17) is 109 Å². The summed E-state index contributed by atoms with van der Waals surface area (Å²) in [6, 6.07) is 0. The van der Waals surface area contributed by atoms with Crippen LogP contribution in [-0.2, 0) is 28.6 Å². The summed E-state index contributed by atoms with van der Waals surface area (Å²) < 4.78 is 6.60. The Bertz CT molecular complexity index is 447. The lowest BCUT2D eigenvalue weighted by Crippen LogP contribution is -2.37. The number of ether oxygens (including phenoxy) is 3. The first kappa shape index (κ1) is 25.0. The molecule has 6 nitrogen and oxygen atoms in total. The Labute approximate surface area is 180 Å². The predicted octanol–water partition coefficient (Wildman–Crippen LogP) is 4.10. The Kier molecular flexibility index (Phi) is 10.2. The Hall–Kier alpha value is 1.02. The number of alkyl halides is 9. The van der Waals surface area contributed by atoms with Crippen LogP contribution in [0.5, 0.6) is 0 Å². The Morgan fingerprint density at radius 1 is 0.625 bits per heavy atom. The van der Waals surface area contributed by atoms with Gasteiger partial charge < -0.3 is 14.2 Å². The first-order valence-electron chi connectivity index (χ1n) is 5.31. The van der Waals surface area contributed by atoms with Crippen molar-refractivity contribution in [1.82, 2.24) is 0 Å². The molecule has 0 spiro atoms. The van der Waals surface area contributed by atoms with Crippen LogP contribution in [0.2, 0.25) is 0 Å². The van der Waals surface area contributed by atoms with E-state index in [0.717, 1.165) is 0 Å². The van der Waals surface area contributed by atoms with Crippen LogP contribution in [0.25, 0.3) is 0 Å². The lowest BCUT2D eigenvalue weighted by Gasteiger charge is -2.21. The Balaban J connectivity index is 4.87. The number of carbonyl (C=O) groups is 3. The highest BCUT2D eigenvalue weighted by atomic mass is 35.6. The van der Waals surface area contributed by atoms with Gasteiger partial charge in [-0.1, -0.05) is 104 Å². The molecule has 0 aromatic carbocycles. The molecule has 0 bridgehead atoms. The zero-order valence-corrected chi connectivity index (χ0v) is 17.6. The van der Waals surface area contributed by atoms with Crippen LogP contribution in [0, 0.1) is 0 Å². The molecule has 0 aromatic heterocycles. The number of halogens is 9. The van der Waals surface area contributed by atoms with Gasteiger partial charge in [0.1, 0.15) is 13.2 Å². The van der Waals surface area contributed by atoms with Gasteiger partial charge >= 0.3 is 17.9 Å². The molecule has 0 unspecified atom stereocenters. The second-order valence-corrected chi connectivity index (χ2v) is 10.6. The predicted molar refractivity (Wildman–Crippen MR) is 92.7 cm³/mol. The van der Waals surface area contributed by atoms with E-state index < -0.39 is 48.6 Å². The highest BCUT2D eigenvalue weighted by molar-refractivity contribution is 6.76. The fourth-order valence-electron chi connectivity index (χ4n) is 0.835. The van der Waals surface area contributed by atoms with Crippen molar-refractivity contribution in [1.29, 1.82) is 0 Å². The number of esters is 3. The molecule has 0 aliphatic rings. The number of carbonyl (C=O) groups excluding carboxylic acids is 3. The Morgan fingerprint density at radius 3 is 1.17 bits per heavy atom. The van der Waals surface area contributed by atoms with Crippen LogP contribution >= 0.6 is 104 Å². The lowest BCUT2D eigenvalue weighted by atomic mass is 10.4. The maximum absolute atomic E-state index is 11.5. The summed E-state index contributed by atoms with van der Waals surface area (Å²) in [4.78, 5) is 34.2. The number of hydrogen-bond acceptors (Lipinski definition) is 6. The minimum absolute atomic E-state index is 0.716. The van der Waals surface area contributed by atoms with E-state index in [0.29, 0.717) is 0 Å². The summed E-state index contributed by atoms with van der Waals surface area (Å²) in [6.07, 6.45) is -1.44. The Morgan fingerprint density at radius 2 is 0.917 bits per heavy atom. The molecule has 0 rings (SSSR count). The first-order valence-corrected chi connectivity index (χ1v) is 8.71. The molecule has 0 amide bonds. The maximum atomic E-state index is 11.5. The molecule has 0 aliphatic heterocycles. The molecule has 0 aromatic rings. The topological polar surface area (TPSA) is 78.9 Å². The molecular weight excluding hydrogens is 523 g/mol. The van der Waals surface area contributed by atoms with Crippen molar-refractivity contribution in [3.05, 3.63) is 0 Å². The quantitative estimate of drug-likeness (QED) is 0.304. The van der Waals surface area contributed by atoms with Crippen molar-refractivity contribution in [2.24, 2.45) is 0 Å². The standard InChI is InChI=1S/C9H5Cl9O6/c10-7(11,12)4(19)22-1-3(24-6(21)9(16,17)18)2-23-5(20)8(13,14)15/h3H,1-2H2. The van der Waals surface area contributed by atoms with Gasteiger partial charge in [0.2, 0.25) is 0 Å². The van der Waals surface area contributed by atoms with Gasteiger partial charge in [-0.05, 0) is 0 Å². The van der Waals surface area contributed by atoms with E-state index in [1.165, 1.54) is 0 Å². The summed E-state index contributed by atoms with van der Waals surface area (Å²) in [7, 11) is 0. The molecule has 0 radical (unpaired) electrons. The molecule has 15 heteroatoms. The zero-order chi connectivity index (χ0) is 19.3. The zero-order valence-electron chi connectivity index (χ0n) is 10.8. The van der Waals surface area contributed by atoms with Crippen LogP contribution in [0.3, 0.4) is 0 Å². The number of hydrogen-bond donors (Lipinski definition) is 0. The van der Waals surface area contributed by atoms with Crippen molar-refractivity contribution in [2.75, 3.05) is 13.2 Å². The van der Waals surface area contributed by atoms with Crippen molar-refractivity contribution in [3.8, 4) is 0 Å². The molecule has 0 heterocycles. The van der Waals surface area contributed by atoms with Crippen LogP contribution in [0.4, 0.5) is 0 Å². The summed E-state index contributed by atoms with van der Waals surface area (Å²) in [5, 5.41) is 0. The van der Waals surface area contributed by atoms with Gasteiger partial charge in [0.05, 0.1) is 0 Å². The molecule has 0 atom stereocenters. The van der Waals surface area contributed by atoms with Crippen molar-refractivity contribution < 1.29 is 28.6 Å². The third-order valence-corrected chi connectivity index (χ3v) is 3.16. The van der Waals surface area contributed by atoms with Gasteiger partial charge in [-0.3, -0.25) is 0 Å². The molecule has 0 aliphatic carbocycles. The highest BCUT2D eigenvalue weighted by Crippen LogP contribution is 2.30. The van der Waals surface area contributed by atoms with Gasteiger partial charge in [-0.2, -0.15) is 0 Å². The smallest absolute Gasteiger partial charge is 0.359 e. The van der Waals surface area contributed by atoms with Crippen molar-refractivity contribution in [2.45, 2.75) is 17.5 Å².